The number of carboxylic acid groups (broad SMARTS) is 1. The molecule has 3 nitrogen and oxygen atoms in total. The monoisotopic (exact) mass is 327 g/mol. The summed E-state index contributed by atoms with van der Waals surface area (Å²) >= 11 is 5.86. The Balaban J connectivity index is 2.27. The summed E-state index contributed by atoms with van der Waals surface area (Å²) in [6.45, 7) is 0. The average molecular weight is 328 g/mol. The standard InChI is InChI=1S/C15H9ClF3NO2/c16-13-6-3-11(15(17,18)19)7-9(13)1-4-12-5-2-10(8-20-12)14(21)22/h1-8H,(H,21,22)/b4-1+. The van der Waals surface area contributed by atoms with Gasteiger partial charge in [-0.15, -0.1) is 0 Å². The molecule has 0 aliphatic heterocycles. The molecule has 0 aliphatic rings. The van der Waals surface area contributed by atoms with E-state index < -0.39 is 17.7 Å². The molecule has 0 amide bonds. The lowest BCUT2D eigenvalue weighted by molar-refractivity contribution is -0.137. The summed E-state index contributed by atoms with van der Waals surface area (Å²) in [5.74, 6) is -1.11. The van der Waals surface area contributed by atoms with Crippen LogP contribution in [0, 0.1) is 0 Å². The van der Waals surface area contributed by atoms with Gasteiger partial charge in [0.2, 0.25) is 0 Å². The maximum absolute atomic E-state index is 12.6. The Kier molecular flexibility index (Phi) is 4.51. The van der Waals surface area contributed by atoms with Crippen LogP contribution in [0.1, 0.15) is 27.2 Å². The van der Waals surface area contributed by atoms with E-state index >= 15 is 0 Å². The van der Waals surface area contributed by atoms with Crippen LogP contribution >= 0.6 is 11.6 Å². The minimum atomic E-state index is -4.45. The van der Waals surface area contributed by atoms with E-state index in [1.807, 2.05) is 0 Å². The van der Waals surface area contributed by atoms with Gasteiger partial charge in [-0.2, -0.15) is 13.2 Å². The lowest BCUT2D eigenvalue weighted by atomic mass is 10.1. The molecule has 0 saturated heterocycles. The van der Waals surface area contributed by atoms with Crippen LogP contribution in [0.3, 0.4) is 0 Å². The van der Waals surface area contributed by atoms with Crippen LogP contribution in [-0.4, -0.2) is 16.1 Å². The predicted molar refractivity (Wildman–Crippen MR) is 76.6 cm³/mol. The topological polar surface area (TPSA) is 50.2 Å². The third-order valence-corrected chi connectivity index (χ3v) is 3.13. The van der Waals surface area contributed by atoms with Gasteiger partial charge in [-0.3, -0.25) is 4.98 Å². The van der Waals surface area contributed by atoms with Gasteiger partial charge in [0.05, 0.1) is 16.8 Å². The molecule has 1 aromatic heterocycles. The first kappa shape index (κ1) is 16.0. The molecule has 0 unspecified atom stereocenters. The molecule has 1 N–H and O–H groups in total. The zero-order chi connectivity index (χ0) is 16.3. The fraction of sp³-hybridized carbons (Fsp3) is 0.0667. The van der Waals surface area contributed by atoms with Crippen molar-refractivity contribution in [1.29, 1.82) is 0 Å². The number of pyridine rings is 1. The van der Waals surface area contributed by atoms with Crippen LogP contribution in [0.2, 0.25) is 5.02 Å². The van der Waals surface area contributed by atoms with Gasteiger partial charge < -0.3 is 5.11 Å². The van der Waals surface area contributed by atoms with Gasteiger partial charge >= 0.3 is 12.1 Å². The minimum Gasteiger partial charge on any atom is -0.478 e. The fourth-order valence-electron chi connectivity index (χ4n) is 1.65. The second-order valence-electron chi connectivity index (χ2n) is 4.34. The van der Waals surface area contributed by atoms with Gasteiger partial charge in [0, 0.05) is 11.2 Å². The van der Waals surface area contributed by atoms with Crippen LogP contribution in [0.25, 0.3) is 12.2 Å². The molecular formula is C15H9ClF3NO2. The highest BCUT2D eigenvalue weighted by atomic mass is 35.5. The van der Waals surface area contributed by atoms with E-state index in [1.165, 1.54) is 30.4 Å². The highest BCUT2D eigenvalue weighted by Gasteiger charge is 2.30. The van der Waals surface area contributed by atoms with Crippen molar-refractivity contribution in [3.05, 3.63) is 63.9 Å². The number of rotatable bonds is 3. The Morgan fingerprint density at radius 3 is 2.45 bits per heavy atom. The average Bonchev–Trinajstić information content (AvgIpc) is 2.45. The number of aromatic nitrogens is 1. The number of nitrogens with zero attached hydrogens (tertiary/aromatic N) is 1. The van der Waals surface area contributed by atoms with Crippen molar-refractivity contribution >= 4 is 29.7 Å². The van der Waals surface area contributed by atoms with Gasteiger partial charge in [-0.1, -0.05) is 17.7 Å². The molecule has 0 aliphatic carbocycles. The van der Waals surface area contributed by atoms with E-state index in [2.05, 4.69) is 4.98 Å². The van der Waals surface area contributed by atoms with Crippen LogP contribution < -0.4 is 0 Å². The second kappa shape index (κ2) is 6.19. The zero-order valence-electron chi connectivity index (χ0n) is 10.9. The number of carboxylic acids is 1. The largest absolute Gasteiger partial charge is 0.478 e. The van der Waals surface area contributed by atoms with Crippen molar-refractivity contribution in [2.45, 2.75) is 6.18 Å². The summed E-state index contributed by atoms with van der Waals surface area (Å²) in [5.41, 5.74) is -0.181. The lowest BCUT2D eigenvalue weighted by Gasteiger charge is -2.08. The first-order valence-electron chi connectivity index (χ1n) is 6.01. The van der Waals surface area contributed by atoms with Crippen molar-refractivity contribution in [2.75, 3.05) is 0 Å². The van der Waals surface area contributed by atoms with E-state index in [0.717, 1.165) is 18.3 Å². The minimum absolute atomic E-state index is 0.0225. The Morgan fingerprint density at radius 2 is 1.91 bits per heavy atom. The first-order valence-corrected chi connectivity index (χ1v) is 6.39. The molecule has 22 heavy (non-hydrogen) atoms. The fourth-order valence-corrected chi connectivity index (χ4v) is 1.83. The van der Waals surface area contributed by atoms with Crippen LogP contribution in [0.4, 0.5) is 13.2 Å². The predicted octanol–water partition coefficient (Wildman–Crippen LogP) is 4.62. The van der Waals surface area contributed by atoms with E-state index in [1.54, 1.807) is 0 Å². The summed E-state index contributed by atoms with van der Waals surface area (Å²) in [6, 6.07) is 5.80. The van der Waals surface area contributed by atoms with E-state index in [0.29, 0.717) is 5.69 Å². The summed E-state index contributed by atoms with van der Waals surface area (Å²) < 4.78 is 37.9. The molecule has 0 bridgehead atoms. The molecule has 2 rings (SSSR count). The van der Waals surface area contributed by atoms with Crippen molar-refractivity contribution < 1.29 is 23.1 Å². The van der Waals surface area contributed by atoms with E-state index in [-0.39, 0.29) is 16.1 Å². The van der Waals surface area contributed by atoms with Crippen molar-refractivity contribution in [1.82, 2.24) is 4.98 Å². The molecule has 0 saturated carbocycles. The van der Waals surface area contributed by atoms with Gasteiger partial charge in [0.1, 0.15) is 0 Å². The Morgan fingerprint density at radius 1 is 1.18 bits per heavy atom. The number of aromatic carboxylic acids is 1. The smallest absolute Gasteiger partial charge is 0.416 e. The molecule has 0 fully saturated rings. The number of halogens is 4. The quantitative estimate of drug-likeness (QED) is 0.894. The van der Waals surface area contributed by atoms with E-state index in [4.69, 9.17) is 16.7 Å². The van der Waals surface area contributed by atoms with E-state index in [9.17, 15) is 18.0 Å². The molecule has 1 aromatic carbocycles. The van der Waals surface area contributed by atoms with Gasteiger partial charge in [0.15, 0.2) is 0 Å². The maximum Gasteiger partial charge on any atom is 0.416 e. The number of carbonyl (C=O) groups is 1. The molecule has 0 radical (unpaired) electrons. The second-order valence-corrected chi connectivity index (χ2v) is 4.75. The Labute approximate surface area is 128 Å². The SMILES string of the molecule is O=C(O)c1ccc(/C=C/c2cc(C(F)(F)F)ccc2Cl)nc1. The maximum atomic E-state index is 12.6. The summed E-state index contributed by atoms with van der Waals surface area (Å²) in [7, 11) is 0. The first-order chi connectivity index (χ1) is 10.3. The van der Waals surface area contributed by atoms with Crippen molar-refractivity contribution in [3.63, 3.8) is 0 Å². The lowest BCUT2D eigenvalue weighted by Crippen LogP contribution is -2.04. The van der Waals surface area contributed by atoms with Crippen molar-refractivity contribution in [3.8, 4) is 0 Å². The van der Waals surface area contributed by atoms with Crippen molar-refractivity contribution in [2.24, 2.45) is 0 Å². The molecular weight excluding hydrogens is 319 g/mol. The molecule has 114 valence electrons. The third-order valence-electron chi connectivity index (χ3n) is 2.79. The highest BCUT2D eigenvalue weighted by Crippen LogP contribution is 2.32. The Bertz CT molecular complexity index is 725. The van der Waals surface area contributed by atoms with Crippen LogP contribution in [-0.2, 0) is 6.18 Å². The molecule has 1 heterocycles. The van der Waals surface area contributed by atoms with Gasteiger partial charge in [0.25, 0.3) is 0 Å². The van der Waals surface area contributed by atoms with Crippen LogP contribution in [0.5, 0.6) is 0 Å². The third kappa shape index (κ3) is 3.85. The molecule has 2 aromatic rings. The number of hydrogen-bond acceptors (Lipinski definition) is 2. The van der Waals surface area contributed by atoms with Gasteiger partial charge in [-0.25, -0.2) is 4.79 Å². The normalized spacial score (nSPS) is 11.8. The Hall–Kier alpha value is -2.34. The number of hydrogen-bond donors (Lipinski definition) is 1. The molecule has 0 spiro atoms. The highest BCUT2D eigenvalue weighted by molar-refractivity contribution is 6.32. The molecule has 7 heteroatoms. The summed E-state index contributed by atoms with van der Waals surface area (Å²) in [6.07, 6.45) is -0.447. The zero-order valence-corrected chi connectivity index (χ0v) is 11.7. The number of benzene rings is 1. The van der Waals surface area contributed by atoms with Crippen LogP contribution in [0.15, 0.2) is 36.5 Å². The summed E-state index contributed by atoms with van der Waals surface area (Å²) in [4.78, 5) is 14.6. The number of alkyl halides is 3. The van der Waals surface area contributed by atoms with Gasteiger partial charge in [-0.05, 0) is 42.0 Å². The molecule has 0 atom stereocenters. The summed E-state index contributed by atoms with van der Waals surface area (Å²) in [5, 5.41) is 8.92.